The second-order valence-corrected chi connectivity index (χ2v) is 4.61. The number of rotatable bonds is 4. The van der Waals surface area contributed by atoms with Crippen LogP contribution in [0, 0.1) is 5.92 Å². The van der Waals surface area contributed by atoms with Crippen LogP contribution in [0.3, 0.4) is 0 Å². The molecule has 3 nitrogen and oxygen atoms in total. The van der Waals surface area contributed by atoms with Crippen molar-refractivity contribution < 1.29 is 0 Å². The van der Waals surface area contributed by atoms with E-state index in [9.17, 15) is 0 Å². The molecule has 0 fully saturated rings. The number of para-hydroxylation sites is 2. The van der Waals surface area contributed by atoms with Gasteiger partial charge in [-0.3, -0.25) is 0 Å². The van der Waals surface area contributed by atoms with Crippen molar-refractivity contribution >= 4 is 11.0 Å². The third kappa shape index (κ3) is 2.07. The Kier molecular flexibility index (Phi) is 3.48. The monoisotopic (exact) mass is 231 g/mol. The van der Waals surface area contributed by atoms with Gasteiger partial charge in [-0.05, 0) is 25.0 Å². The number of aromatic nitrogens is 2. The first-order valence-corrected chi connectivity index (χ1v) is 6.39. The van der Waals surface area contributed by atoms with Crippen LogP contribution in [-0.4, -0.2) is 9.55 Å². The Balaban J connectivity index is 2.53. The van der Waals surface area contributed by atoms with Crippen molar-refractivity contribution in [2.45, 2.75) is 39.8 Å². The Morgan fingerprint density at radius 3 is 2.65 bits per heavy atom. The van der Waals surface area contributed by atoms with Gasteiger partial charge in [-0.15, -0.1) is 0 Å². The number of imidazole rings is 1. The minimum absolute atomic E-state index is 0.0207. The Hall–Kier alpha value is -1.35. The molecule has 2 unspecified atom stereocenters. The van der Waals surface area contributed by atoms with E-state index >= 15 is 0 Å². The summed E-state index contributed by atoms with van der Waals surface area (Å²) in [6.07, 6.45) is 1.08. The van der Waals surface area contributed by atoms with Crippen molar-refractivity contribution in [2.24, 2.45) is 11.7 Å². The van der Waals surface area contributed by atoms with Crippen LogP contribution in [0.1, 0.15) is 39.1 Å². The Morgan fingerprint density at radius 1 is 1.29 bits per heavy atom. The van der Waals surface area contributed by atoms with Crippen molar-refractivity contribution in [1.82, 2.24) is 9.55 Å². The number of hydrogen-bond acceptors (Lipinski definition) is 2. The van der Waals surface area contributed by atoms with Gasteiger partial charge >= 0.3 is 0 Å². The van der Waals surface area contributed by atoms with Crippen LogP contribution in [0.15, 0.2) is 24.3 Å². The normalized spacial score (nSPS) is 15.1. The lowest BCUT2D eigenvalue weighted by Crippen LogP contribution is -2.22. The summed E-state index contributed by atoms with van der Waals surface area (Å²) in [5, 5.41) is 0. The van der Waals surface area contributed by atoms with Gasteiger partial charge < -0.3 is 10.3 Å². The van der Waals surface area contributed by atoms with Crippen molar-refractivity contribution in [2.75, 3.05) is 0 Å². The van der Waals surface area contributed by atoms with Crippen LogP contribution in [0.4, 0.5) is 0 Å². The predicted octanol–water partition coefficient (Wildman–Crippen LogP) is 3.10. The first kappa shape index (κ1) is 12.1. The molecule has 2 N–H and O–H groups in total. The molecule has 0 spiro atoms. The number of fused-ring (bicyclic) bond motifs is 1. The number of benzene rings is 1. The van der Waals surface area contributed by atoms with Crippen LogP contribution >= 0.6 is 0 Å². The van der Waals surface area contributed by atoms with E-state index in [-0.39, 0.29) is 6.04 Å². The molecule has 2 atom stereocenters. The van der Waals surface area contributed by atoms with E-state index in [0.717, 1.165) is 24.3 Å². The molecule has 2 rings (SSSR count). The van der Waals surface area contributed by atoms with E-state index < -0.39 is 0 Å². The maximum atomic E-state index is 6.31. The number of hydrogen-bond donors (Lipinski definition) is 1. The summed E-state index contributed by atoms with van der Waals surface area (Å²) in [7, 11) is 0. The smallest absolute Gasteiger partial charge is 0.127 e. The molecule has 17 heavy (non-hydrogen) atoms. The summed E-state index contributed by atoms with van der Waals surface area (Å²) in [6, 6.07) is 8.25. The fourth-order valence-corrected chi connectivity index (χ4v) is 2.19. The standard InChI is InChI=1S/C14H21N3/c1-4-10(3)13(15)14-16-11-8-6-7-9-12(11)17(14)5-2/h6-10,13H,4-5,15H2,1-3H3. The van der Waals surface area contributed by atoms with Crippen LogP contribution in [0.25, 0.3) is 11.0 Å². The molecule has 3 heteroatoms. The minimum atomic E-state index is 0.0207. The molecule has 2 aromatic rings. The van der Waals surface area contributed by atoms with Crippen LogP contribution < -0.4 is 5.73 Å². The first-order valence-electron chi connectivity index (χ1n) is 6.39. The number of nitrogens with two attached hydrogens (primary N) is 1. The fraction of sp³-hybridized carbons (Fsp3) is 0.500. The van der Waals surface area contributed by atoms with E-state index in [1.165, 1.54) is 5.52 Å². The Bertz CT molecular complexity index is 501. The summed E-state index contributed by atoms with van der Waals surface area (Å²) in [6.45, 7) is 7.41. The van der Waals surface area contributed by atoms with Gasteiger partial charge in [0.1, 0.15) is 5.82 Å². The topological polar surface area (TPSA) is 43.8 Å². The zero-order valence-electron chi connectivity index (χ0n) is 10.9. The van der Waals surface area contributed by atoms with E-state index in [2.05, 4.69) is 37.5 Å². The molecule has 0 saturated carbocycles. The van der Waals surface area contributed by atoms with Crippen molar-refractivity contribution in [3.8, 4) is 0 Å². The van der Waals surface area contributed by atoms with E-state index in [0.29, 0.717) is 5.92 Å². The lowest BCUT2D eigenvalue weighted by molar-refractivity contribution is 0.427. The second kappa shape index (κ2) is 4.88. The summed E-state index contributed by atoms with van der Waals surface area (Å²) < 4.78 is 2.23. The number of nitrogens with zero attached hydrogens (tertiary/aromatic N) is 2. The maximum Gasteiger partial charge on any atom is 0.127 e. The van der Waals surface area contributed by atoms with Crippen molar-refractivity contribution in [3.63, 3.8) is 0 Å². The molecule has 0 aliphatic carbocycles. The SMILES string of the molecule is CCC(C)C(N)c1nc2ccccc2n1CC. The van der Waals surface area contributed by atoms with Crippen molar-refractivity contribution in [1.29, 1.82) is 0 Å². The summed E-state index contributed by atoms with van der Waals surface area (Å²) in [5.41, 5.74) is 8.53. The summed E-state index contributed by atoms with van der Waals surface area (Å²) in [4.78, 5) is 4.69. The molecule has 0 aliphatic heterocycles. The van der Waals surface area contributed by atoms with Gasteiger partial charge in [-0.2, -0.15) is 0 Å². The minimum Gasteiger partial charge on any atom is -0.327 e. The van der Waals surface area contributed by atoms with Gasteiger partial charge in [0.2, 0.25) is 0 Å². The number of aryl methyl sites for hydroxylation is 1. The zero-order chi connectivity index (χ0) is 12.4. The lowest BCUT2D eigenvalue weighted by atomic mass is 9.99. The van der Waals surface area contributed by atoms with Gasteiger partial charge in [0.25, 0.3) is 0 Å². The fourth-order valence-electron chi connectivity index (χ4n) is 2.19. The van der Waals surface area contributed by atoms with E-state index in [1.807, 2.05) is 12.1 Å². The van der Waals surface area contributed by atoms with Crippen molar-refractivity contribution in [3.05, 3.63) is 30.1 Å². The van der Waals surface area contributed by atoms with Crippen LogP contribution in [-0.2, 0) is 6.54 Å². The largest absolute Gasteiger partial charge is 0.327 e. The van der Waals surface area contributed by atoms with Crippen LogP contribution in [0.5, 0.6) is 0 Å². The average molecular weight is 231 g/mol. The molecular formula is C14H21N3. The zero-order valence-corrected chi connectivity index (χ0v) is 10.9. The van der Waals surface area contributed by atoms with Crippen LogP contribution in [0.2, 0.25) is 0 Å². The highest BCUT2D eigenvalue weighted by atomic mass is 15.1. The molecule has 1 aromatic carbocycles. The van der Waals surface area contributed by atoms with E-state index in [1.54, 1.807) is 0 Å². The molecule has 1 heterocycles. The van der Waals surface area contributed by atoms with Gasteiger partial charge in [-0.25, -0.2) is 4.98 Å². The van der Waals surface area contributed by atoms with Gasteiger partial charge in [0.05, 0.1) is 17.1 Å². The third-order valence-electron chi connectivity index (χ3n) is 3.56. The highest BCUT2D eigenvalue weighted by molar-refractivity contribution is 5.76. The molecule has 0 bridgehead atoms. The molecule has 1 aromatic heterocycles. The molecule has 0 aliphatic rings. The predicted molar refractivity (Wildman–Crippen MR) is 71.8 cm³/mol. The quantitative estimate of drug-likeness (QED) is 0.878. The molecule has 92 valence electrons. The van der Waals surface area contributed by atoms with Gasteiger partial charge in [-0.1, -0.05) is 32.4 Å². The lowest BCUT2D eigenvalue weighted by Gasteiger charge is -2.18. The Labute approximate surface area is 103 Å². The Morgan fingerprint density at radius 2 is 2.00 bits per heavy atom. The molecule has 0 saturated heterocycles. The highest BCUT2D eigenvalue weighted by Gasteiger charge is 2.20. The highest BCUT2D eigenvalue weighted by Crippen LogP contribution is 2.25. The second-order valence-electron chi connectivity index (χ2n) is 4.61. The molecular weight excluding hydrogens is 210 g/mol. The van der Waals surface area contributed by atoms with Gasteiger partial charge in [0, 0.05) is 6.54 Å². The third-order valence-corrected chi connectivity index (χ3v) is 3.56. The maximum absolute atomic E-state index is 6.31. The summed E-state index contributed by atoms with van der Waals surface area (Å²) >= 11 is 0. The average Bonchev–Trinajstić information content (AvgIpc) is 2.75. The molecule has 0 radical (unpaired) electrons. The van der Waals surface area contributed by atoms with Gasteiger partial charge in [0.15, 0.2) is 0 Å². The first-order chi connectivity index (χ1) is 8.19. The van der Waals surface area contributed by atoms with E-state index in [4.69, 9.17) is 10.7 Å². The molecule has 0 amide bonds. The summed E-state index contributed by atoms with van der Waals surface area (Å²) in [5.74, 6) is 1.47.